The summed E-state index contributed by atoms with van der Waals surface area (Å²) in [7, 11) is 6.32. The van der Waals surface area contributed by atoms with Crippen molar-refractivity contribution in [1.82, 2.24) is 0 Å². The van der Waals surface area contributed by atoms with E-state index in [-0.39, 0.29) is 12.2 Å². The Morgan fingerprint density at radius 2 is 0.714 bits per heavy atom. The van der Waals surface area contributed by atoms with Crippen LogP contribution in [0.25, 0.3) is 0 Å². The van der Waals surface area contributed by atoms with Crippen LogP contribution in [0.2, 0.25) is 0 Å². The number of ether oxygens (including phenoxy) is 2. The molecule has 1 heterocycles. The molecular weight excluding hydrogens is 466 g/mol. The van der Waals surface area contributed by atoms with Gasteiger partial charge in [-0.1, -0.05) is 121 Å². The molecule has 0 bridgehead atoms. The fourth-order valence-corrected chi connectivity index (χ4v) is 6.53. The van der Waals surface area contributed by atoms with Gasteiger partial charge in [0, 0.05) is 0 Å². The lowest BCUT2D eigenvalue weighted by Gasteiger charge is -2.44. The van der Waals surface area contributed by atoms with E-state index in [1.807, 2.05) is 13.8 Å². The molecule has 0 amide bonds. The van der Waals surface area contributed by atoms with Crippen LogP contribution in [0, 0.1) is 0 Å². The van der Waals surface area contributed by atoms with Crippen molar-refractivity contribution >= 4 is 18.5 Å². The Hall–Kier alpha value is -2.34. The van der Waals surface area contributed by atoms with E-state index in [2.05, 4.69) is 140 Å². The van der Waals surface area contributed by atoms with E-state index < -0.39 is 16.1 Å². The summed E-state index contributed by atoms with van der Waals surface area (Å²) in [5.41, 5.74) is 4.67. The molecule has 178 valence electrons. The molecule has 35 heavy (non-hydrogen) atoms. The van der Waals surface area contributed by atoms with Crippen molar-refractivity contribution in [2.24, 2.45) is 0 Å². The molecule has 4 atom stereocenters. The normalized spacial score (nSPS) is 20.0. The van der Waals surface area contributed by atoms with Crippen molar-refractivity contribution in [2.75, 3.05) is 0 Å². The minimum atomic E-state index is -0.758. The summed E-state index contributed by atoms with van der Waals surface area (Å²) >= 11 is 0. The smallest absolute Gasteiger partial charge is 0.163 e. The Balaban J connectivity index is 1.76. The standard InChI is InChI=1S/C31H32O2P2/c1-29(2)32-27(30(34,23-15-7-3-8-16-23)24-17-9-4-10-18-24)28(33-29)31(35,25-19-11-5-12-20-25)26-21-13-6-14-22-26/h3-22,27-28H,34-35H2,1-2H3/t27-,28-/m0/s1. The maximum absolute atomic E-state index is 6.87. The third-order valence-corrected chi connectivity index (χ3v) is 8.99. The third kappa shape index (κ3) is 4.39. The molecule has 4 heteroatoms. The van der Waals surface area contributed by atoms with Crippen molar-refractivity contribution in [3.05, 3.63) is 144 Å². The second-order valence-electron chi connectivity index (χ2n) is 9.68. The molecule has 2 nitrogen and oxygen atoms in total. The van der Waals surface area contributed by atoms with Gasteiger partial charge in [-0.05, 0) is 36.1 Å². The van der Waals surface area contributed by atoms with Crippen LogP contribution in [0.1, 0.15) is 36.1 Å². The number of rotatable bonds is 6. The van der Waals surface area contributed by atoms with E-state index in [1.54, 1.807) is 0 Å². The van der Waals surface area contributed by atoms with Gasteiger partial charge in [-0.2, -0.15) is 0 Å². The van der Waals surface area contributed by atoms with Gasteiger partial charge in [0.2, 0.25) is 0 Å². The van der Waals surface area contributed by atoms with Crippen LogP contribution in [0.5, 0.6) is 0 Å². The fourth-order valence-electron chi connectivity index (χ4n) is 5.27. The minimum absolute atomic E-state index is 0.301. The number of hydrogen-bond acceptors (Lipinski definition) is 2. The van der Waals surface area contributed by atoms with Crippen molar-refractivity contribution in [1.29, 1.82) is 0 Å². The zero-order valence-corrected chi connectivity index (χ0v) is 22.5. The topological polar surface area (TPSA) is 18.5 Å². The Kier molecular flexibility index (Phi) is 6.69. The highest BCUT2D eigenvalue weighted by Gasteiger charge is 2.58. The molecule has 0 saturated carbocycles. The Morgan fingerprint density at radius 1 is 0.486 bits per heavy atom. The van der Waals surface area contributed by atoms with E-state index >= 15 is 0 Å². The summed E-state index contributed by atoms with van der Waals surface area (Å²) in [5, 5.41) is -1.07. The summed E-state index contributed by atoms with van der Waals surface area (Å²) in [6.45, 7) is 4.03. The average Bonchev–Trinajstić information content (AvgIpc) is 3.26. The van der Waals surface area contributed by atoms with Gasteiger partial charge in [0.05, 0.1) is 10.3 Å². The summed E-state index contributed by atoms with van der Waals surface area (Å²) in [4.78, 5) is 0. The van der Waals surface area contributed by atoms with Crippen LogP contribution < -0.4 is 0 Å². The van der Waals surface area contributed by atoms with Crippen molar-refractivity contribution in [3.8, 4) is 0 Å². The zero-order valence-electron chi connectivity index (χ0n) is 20.2. The predicted molar refractivity (Wildman–Crippen MR) is 151 cm³/mol. The molecule has 4 aromatic rings. The van der Waals surface area contributed by atoms with Crippen LogP contribution in [0.3, 0.4) is 0 Å². The van der Waals surface area contributed by atoms with Crippen LogP contribution in [0.4, 0.5) is 0 Å². The fraction of sp³-hybridized carbons (Fsp3) is 0.226. The lowest BCUT2D eigenvalue weighted by Crippen LogP contribution is -2.50. The first-order valence-corrected chi connectivity index (χ1v) is 13.2. The second-order valence-corrected chi connectivity index (χ2v) is 11.5. The highest BCUT2D eigenvalue weighted by Crippen LogP contribution is 2.56. The van der Waals surface area contributed by atoms with E-state index in [4.69, 9.17) is 9.47 Å². The summed E-state index contributed by atoms with van der Waals surface area (Å²) in [6, 6.07) is 42.4. The maximum atomic E-state index is 6.87. The van der Waals surface area contributed by atoms with Crippen LogP contribution in [-0.2, 0) is 19.8 Å². The van der Waals surface area contributed by atoms with Gasteiger partial charge >= 0.3 is 0 Å². The van der Waals surface area contributed by atoms with Gasteiger partial charge in [-0.3, -0.25) is 0 Å². The minimum Gasteiger partial charge on any atom is -0.343 e. The number of hydrogen-bond donors (Lipinski definition) is 0. The van der Waals surface area contributed by atoms with Gasteiger partial charge in [-0.25, -0.2) is 0 Å². The molecule has 5 rings (SSSR count). The van der Waals surface area contributed by atoms with Gasteiger partial charge in [0.15, 0.2) is 5.79 Å². The van der Waals surface area contributed by atoms with E-state index in [1.165, 1.54) is 22.3 Å². The van der Waals surface area contributed by atoms with E-state index in [0.717, 1.165) is 0 Å². The Labute approximate surface area is 213 Å². The molecule has 0 radical (unpaired) electrons. The first-order chi connectivity index (χ1) is 16.9. The van der Waals surface area contributed by atoms with Crippen molar-refractivity contribution in [2.45, 2.75) is 42.2 Å². The third-order valence-electron chi connectivity index (χ3n) is 7.00. The lowest BCUT2D eigenvalue weighted by molar-refractivity contribution is -0.150. The molecule has 0 aromatic heterocycles. The maximum Gasteiger partial charge on any atom is 0.163 e. The van der Waals surface area contributed by atoms with Crippen LogP contribution in [-0.4, -0.2) is 18.0 Å². The zero-order chi connectivity index (χ0) is 24.5. The molecule has 2 unspecified atom stereocenters. The first-order valence-electron chi connectivity index (χ1n) is 12.0. The van der Waals surface area contributed by atoms with Gasteiger partial charge in [-0.15, -0.1) is 18.5 Å². The predicted octanol–water partition coefficient (Wildman–Crippen LogP) is 7.14. The molecule has 4 aromatic carbocycles. The van der Waals surface area contributed by atoms with Gasteiger partial charge in [0.25, 0.3) is 0 Å². The van der Waals surface area contributed by atoms with Crippen LogP contribution in [0.15, 0.2) is 121 Å². The quantitative estimate of drug-likeness (QED) is 0.263. The molecule has 1 aliphatic rings. The summed E-state index contributed by atoms with van der Waals surface area (Å²) in [6.07, 6.45) is -0.601. The summed E-state index contributed by atoms with van der Waals surface area (Å²) < 4.78 is 13.7. The van der Waals surface area contributed by atoms with E-state index in [0.29, 0.717) is 0 Å². The molecule has 0 N–H and O–H groups in total. The number of benzene rings is 4. The van der Waals surface area contributed by atoms with Crippen molar-refractivity contribution < 1.29 is 9.47 Å². The SMILES string of the molecule is CC1(C)O[C@H](C(P)(c2ccccc2)c2ccccc2)[C@@H](C(P)(c2ccccc2)c2ccccc2)O1. The van der Waals surface area contributed by atoms with E-state index in [9.17, 15) is 0 Å². The van der Waals surface area contributed by atoms with Crippen molar-refractivity contribution in [3.63, 3.8) is 0 Å². The largest absolute Gasteiger partial charge is 0.343 e. The summed E-state index contributed by atoms with van der Waals surface area (Å²) in [5.74, 6) is -0.758. The van der Waals surface area contributed by atoms with Gasteiger partial charge < -0.3 is 9.47 Å². The van der Waals surface area contributed by atoms with Gasteiger partial charge in [0.1, 0.15) is 12.2 Å². The molecule has 0 spiro atoms. The molecule has 1 saturated heterocycles. The molecular formula is C31H32O2P2. The molecule has 1 fully saturated rings. The second kappa shape index (κ2) is 9.61. The first kappa shape index (κ1) is 24.4. The highest BCUT2D eigenvalue weighted by atomic mass is 31.0. The molecule has 0 aliphatic carbocycles. The highest BCUT2D eigenvalue weighted by molar-refractivity contribution is 7.19. The monoisotopic (exact) mass is 498 g/mol. The molecule has 1 aliphatic heterocycles. The Morgan fingerprint density at radius 3 is 0.943 bits per heavy atom. The lowest BCUT2D eigenvalue weighted by atomic mass is 9.75. The average molecular weight is 499 g/mol. The Bertz CT molecular complexity index is 1070. The van der Waals surface area contributed by atoms with Crippen LogP contribution >= 0.6 is 18.5 Å².